The van der Waals surface area contributed by atoms with Crippen LogP contribution in [0.25, 0.3) is 0 Å². The lowest BCUT2D eigenvalue weighted by Crippen LogP contribution is -1.91. The molecule has 0 fully saturated rings. The van der Waals surface area contributed by atoms with Gasteiger partial charge in [0.2, 0.25) is 0 Å². The van der Waals surface area contributed by atoms with Crippen LogP contribution in [0, 0.1) is 0 Å². The minimum atomic E-state index is 0.207. The van der Waals surface area contributed by atoms with E-state index in [2.05, 4.69) is 12.6 Å². The van der Waals surface area contributed by atoms with E-state index in [-0.39, 0.29) is 5.75 Å². The van der Waals surface area contributed by atoms with Gasteiger partial charge in [-0.15, -0.1) is 12.6 Å². The van der Waals surface area contributed by atoms with Gasteiger partial charge in [0.25, 0.3) is 0 Å². The summed E-state index contributed by atoms with van der Waals surface area (Å²) in [5.41, 5.74) is 0. The summed E-state index contributed by atoms with van der Waals surface area (Å²) in [5.74, 6) is 0.909. The van der Waals surface area contributed by atoms with Gasteiger partial charge in [0.05, 0.1) is 6.61 Å². The van der Waals surface area contributed by atoms with E-state index in [4.69, 9.17) is 9.84 Å². The summed E-state index contributed by atoms with van der Waals surface area (Å²) in [7, 11) is 0. The van der Waals surface area contributed by atoms with Crippen LogP contribution in [0.3, 0.4) is 0 Å². The lowest BCUT2D eigenvalue weighted by atomic mass is 10.3. The monoisotopic (exact) mass is 170 g/mol. The maximum atomic E-state index is 9.00. The number of ether oxygens (including phenoxy) is 1. The Bertz CT molecular complexity index is 248. The van der Waals surface area contributed by atoms with Crippen molar-refractivity contribution in [3.05, 3.63) is 18.2 Å². The van der Waals surface area contributed by atoms with Gasteiger partial charge in [-0.05, 0) is 25.1 Å². The van der Waals surface area contributed by atoms with E-state index in [0.29, 0.717) is 17.3 Å². The molecule has 1 aromatic carbocycles. The van der Waals surface area contributed by atoms with Gasteiger partial charge >= 0.3 is 0 Å². The molecule has 3 heteroatoms. The molecule has 60 valence electrons. The van der Waals surface area contributed by atoms with E-state index < -0.39 is 0 Å². The van der Waals surface area contributed by atoms with E-state index in [1.807, 2.05) is 6.92 Å². The molecule has 0 spiro atoms. The normalized spacial score (nSPS) is 9.64. The smallest absolute Gasteiger partial charge is 0.132 e. The van der Waals surface area contributed by atoms with E-state index in [1.165, 1.54) is 0 Å². The molecule has 0 heterocycles. The summed E-state index contributed by atoms with van der Waals surface area (Å²) in [6.07, 6.45) is 0. The minimum absolute atomic E-state index is 0.207. The van der Waals surface area contributed by atoms with Gasteiger partial charge in [0.15, 0.2) is 0 Å². The Morgan fingerprint density at radius 3 is 2.82 bits per heavy atom. The largest absolute Gasteiger partial charge is 0.508 e. The summed E-state index contributed by atoms with van der Waals surface area (Å²) in [4.78, 5) is 0.659. The Kier molecular flexibility index (Phi) is 2.65. The molecule has 1 aromatic rings. The maximum absolute atomic E-state index is 9.00. The van der Waals surface area contributed by atoms with Gasteiger partial charge in [-0.3, -0.25) is 0 Å². The van der Waals surface area contributed by atoms with Crippen molar-refractivity contribution in [3.63, 3.8) is 0 Å². The molecule has 0 radical (unpaired) electrons. The summed E-state index contributed by atoms with van der Waals surface area (Å²) in [5, 5.41) is 9.00. The van der Waals surface area contributed by atoms with Crippen LogP contribution in [0.5, 0.6) is 11.5 Å². The van der Waals surface area contributed by atoms with Crippen LogP contribution in [0.4, 0.5) is 0 Å². The Hall–Kier alpha value is -0.830. The summed E-state index contributed by atoms with van der Waals surface area (Å²) < 4.78 is 5.20. The number of hydrogen-bond acceptors (Lipinski definition) is 3. The number of aromatic hydroxyl groups is 1. The second-order valence-electron chi connectivity index (χ2n) is 2.09. The molecule has 0 amide bonds. The molecule has 0 atom stereocenters. The number of benzene rings is 1. The van der Waals surface area contributed by atoms with Crippen LogP contribution in [-0.4, -0.2) is 11.7 Å². The van der Waals surface area contributed by atoms with Crippen LogP contribution in [0.2, 0.25) is 0 Å². The molecule has 0 aliphatic carbocycles. The first-order valence-corrected chi connectivity index (χ1v) is 3.83. The third-order valence-electron chi connectivity index (χ3n) is 1.24. The van der Waals surface area contributed by atoms with Crippen molar-refractivity contribution in [2.45, 2.75) is 11.8 Å². The van der Waals surface area contributed by atoms with Crippen molar-refractivity contribution in [1.29, 1.82) is 0 Å². The summed E-state index contributed by atoms with van der Waals surface area (Å²) in [6.45, 7) is 2.51. The van der Waals surface area contributed by atoms with Crippen molar-refractivity contribution in [2.24, 2.45) is 0 Å². The predicted molar refractivity (Wildman–Crippen MR) is 46.5 cm³/mol. The molecule has 2 nitrogen and oxygen atoms in total. The highest BCUT2D eigenvalue weighted by Gasteiger charge is 1.98. The standard InChI is InChI=1S/C8H10O2S/c1-2-10-7-4-3-6(9)5-8(7)11/h3-5,9,11H,2H2,1H3. The number of phenolic OH excluding ortho intramolecular Hbond substituents is 1. The topological polar surface area (TPSA) is 29.5 Å². The van der Waals surface area contributed by atoms with Gasteiger partial charge in [0, 0.05) is 4.90 Å². The third kappa shape index (κ3) is 2.05. The zero-order chi connectivity index (χ0) is 8.27. The van der Waals surface area contributed by atoms with E-state index in [0.717, 1.165) is 0 Å². The highest BCUT2D eigenvalue weighted by Crippen LogP contribution is 2.26. The first kappa shape index (κ1) is 8.27. The molecule has 0 saturated carbocycles. The number of phenols is 1. The Morgan fingerprint density at radius 2 is 2.27 bits per heavy atom. The Labute approximate surface area is 71.2 Å². The number of rotatable bonds is 2. The molecular formula is C8H10O2S. The zero-order valence-electron chi connectivity index (χ0n) is 6.24. The molecule has 0 aliphatic rings. The fourth-order valence-electron chi connectivity index (χ4n) is 0.783. The SMILES string of the molecule is CCOc1ccc(O)cc1S. The lowest BCUT2D eigenvalue weighted by Gasteiger charge is -2.05. The highest BCUT2D eigenvalue weighted by atomic mass is 32.1. The molecule has 0 unspecified atom stereocenters. The minimum Gasteiger partial charge on any atom is -0.508 e. The van der Waals surface area contributed by atoms with Crippen LogP contribution in [0.1, 0.15) is 6.92 Å². The highest BCUT2D eigenvalue weighted by molar-refractivity contribution is 7.80. The van der Waals surface area contributed by atoms with Crippen molar-refractivity contribution in [3.8, 4) is 11.5 Å². The quantitative estimate of drug-likeness (QED) is 0.665. The lowest BCUT2D eigenvalue weighted by molar-refractivity contribution is 0.331. The van der Waals surface area contributed by atoms with E-state index in [1.54, 1.807) is 18.2 Å². The second kappa shape index (κ2) is 3.53. The molecule has 0 saturated heterocycles. The van der Waals surface area contributed by atoms with Crippen LogP contribution in [-0.2, 0) is 0 Å². The van der Waals surface area contributed by atoms with Crippen LogP contribution in [0.15, 0.2) is 23.1 Å². The summed E-state index contributed by atoms with van der Waals surface area (Å²) >= 11 is 4.12. The van der Waals surface area contributed by atoms with Gasteiger partial charge < -0.3 is 9.84 Å². The first-order chi connectivity index (χ1) is 5.24. The molecule has 11 heavy (non-hydrogen) atoms. The third-order valence-corrected chi connectivity index (χ3v) is 1.59. The van der Waals surface area contributed by atoms with Crippen molar-refractivity contribution in [2.75, 3.05) is 6.61 Å². The Balaban J connectivity index is 2.90. The summed E-state index contributed by atoms with van der Waals surface area (Å²) in [6, 6.07) is 4.82. The molecule has 0 aliphatic heterocycles. The van der Waals surface area contributed by atoms with Crippen LogP contribution >= 0.6 is 12.6 Å². The van der Waals surface area contributed by atoms with Gasteiger partial charge in [-0.1, -0.05) is 0 Å². The zero-order valence-corrected chi connectivity index (χ0v) is 7.14. The fraction of sp³-hybridized carbons (Fsp3) is 0.250. The molecule has 0 aromatic heterocycles. The van der Waals surface area contributed by atoms with Crippen molar-refractivity contribution >= 4 is 12.6 Å². The van der Waals surface area contributed by atoms with Gasteiger partial charge in [0.1, 0.15) is 11.5 Å². The average molecular weight is 170 g/mol. The van der Waals surface area contributed by atoms with Crippen molar-refractivity contribution in [1.82, 2.24) is 0 Å². The van der Waals surface area contributed by atoms with Gasteiger partial charge in [-0.2, -0.15) is 0 Å². The maximum Gasteiger partial charge on any atom is 0.132 e. The second-order valence-corrected chi connectivity index (χ2v) is 2.57. The predicted octanol–water partition coefficient (Wildman–Crippen LogP) is 2.08. The molecule has 1 rings (SSSR count). The van der Waals surface area contributed by atoms with E-state index >= 15 is 0 Å². The van der Waals surface area contributed by atoms with Crippen molar-refractivity contribution < 1.29 is 9.84 Å². The van der Waals surface area contributed by atoms with E-state index in [9.17, 15) is 0 Å². The average Bonchev–Trinajstić information content (AvgIpc) is 1.95. The Morgan fingerprint density at radius 1 is 1.55 bits per heavy atom. The number of thiol groups is 1. The first-order valence-electron chi connectivity index (χ1n) is 3.39. The number of hydrogen-bond donors (Lipinski definition) is 2. The molecule has 0 bridgehead atoms. The van der Waals surface area contributed by atoms with Crippen LogP contribution < -0.4 is 4.74 Å². The van der Waals surface area contributed by atoms with Gasteiger partial charge in [-0.25, -0.2) is 0 Å². The molecule has 1 N–H and O–H groups in total. The fourth-order valence-corrected chi connectivity index (χ4v) is 1.05. The molecular weight excluding hydrogens is 160 g/mol.